The zero-order chi connectivity index (χ0) is 13.2. The predicted molar refractivity (Wildman–Crippen MR) is 81.1 cm³/mol. The smallest absolute Gasteiger partial charge is 0.195 e. The molecule has 3 rings (SSSR count). The summed E-state index contributed by atoms with van der Waals surface area (Å²) in [7, 11) is 0. The molecule has 1 fully saturated rings. The Bertz CT molecular complexity index is 545. The van der Waals surface area contributed by atoms with Crippen LogP contribution in [0, 0.1) is 5.92 Å². The van der Waals surface area contributed by atoms with Gasteiger partial charge in [-0.25, -0.2) is 4.98 Å². The number of imidazole rings is 1. The minimum Gasteiger partial charge on any atom is -0.355 e. The molecule has 0 spiro atoms. The van der Waals surface area contributed by atoms with Gasteiger partial charge in [-0.1, -0.05) is 13.3 Å². The fraction of sp³-hybridized carbons (Fsp3) is 0.643. The first-order chi connectivity index (χ1) is 9.33. The molecule has 3 heterocycles. The molecular weight excluding hydrogens is 256 g/mol. The Labute approximate surface area is 118 Å². The van der Waals surface area contributed by atoms with Crippen molar-refractivity contribution >= 4 is 22.1 Å². The third kappa shape index (κ3) is 2.37. The molecule has 2 aromatic rings. The number of thiazole rings is 1. The maximum atomic E-state index is 5.77. The normalized spacial score (nSPS) is 19.7. The van der Waals surface area contributed by atoms with Gasteiger partial charge in [0, 0.05) is 31.1 Å². The predicted octanol–water partition coefficient (Wildman–Crippen LogP) is 2.52. The van der Waals surface area contributed by atoms with E-state index in [2.05, 4.69) is 27.8 Å². The van der Waals surface area contributed by atoms with E-state index in [1.165, 1.54) is 30.8 Å². The van der Waals surface area contributed by atoms with Crippen molar-refractivity contribution in [3.8, 4) is 0 Å². The van der Waals surface area contributed by atoms with Gasteiger partial charge in [0.1, 0.15) is 0 Å². The fourth-order valence-electron chi connectivity index (χ4n) is 3.11. The van der Waals surface area contributed by atoms with Crippen molar-refractivity contribution in [3.63, 3.8) is 0 Å². The third-order valence-corrected chi connectivity index (χ3v) is 4.76. The molecule has 2 N–H and O–H groups in total. The Morgan fingerprint density at radius 2 is 2.42 bits per heavy atom. The topological polar surface area (TPSA) is 46.6 Å². The highest BCUT2D eigenvalue weighted by molar-refractivity contribution is 7.15. The Morgan fingerprint density at radius 1 is 1.53 bits per heavy atom. The van der Waals surface area contributed by atoms with Crippen LogP contribution in [0.5, 0.6) is 0 Å². The summed E-state index contributed by atoms with van der Waals surface area (Å²) in [5, 5.41) is 2.09. The highest BCUT2D eigenvalue weighted by Crippen LogP contribution is 2.30. The van der Waals surface area contributed by atoms with Gasteiger partial charge in [-0.05, 0) is 25.3 Å². The van der Waals surface area contributed by atoms with Gasteiger partial charge < -0.3 is 10.6 Å². The summed E-state index contributed by atoms with van der Waals surface area (Å²) >= 11 is 1.70. The molecule has 0 aliphatic carbocycles. The quantitative estimate of drug-likeness (QED) is 0.914. The molecule has 1 aliphatic heterocycles. The lowest BCUT2D eigenvalue weighted by molar-refractivity contribution is 0.529. The van der Waals surface area contributed by atoms with Crippen LogP contribution in [0.15, 0.2) is 11.6 Å². The molecule has 4 nitrogen and oxygen atoms in total. The molecular formula is C14H22N4S. The van der Waals surface area contributed by atoms with Crippen molar-refractivity contribution in [1.82, 2.24) is 9.38 Å². The van der Waals surface area contributed by atoms with Gasteiger partial charge in [0.25, 0.3) is 0 Å². The van der Waals surface area contributed by atoms with Crippen LogP contribution in [-0.4, -0.2) is 29.0 Å². The van der Waals surface area contributed by atoms with Crippen molar-refractivity contribution in [2.24, 2.45) is 11.7 Å². The SMILES string of the molecule is CCCC1CCN(c2nc3sccn3c2CCN)C1. The number of rotatable bonds is 5. The lowest BCUT2D eigenvalue weighted by atomic mass is 10.0. The van der Waals surface area contributed by atoms with E-state index in [1.54, 1.807) is 11.3 Å². The van der Waals surface area contributed by atoms with Crippen LogP contribution < -0.4 is 10.6 Å². The lowest BCUT2D eigenvalue weighted by Crippen LogP contribution is -2.22. The number of aromatic nitrogens is 2. The minimum atomic E-state index is 0.683. The van der Waals surface area contributed by atoms with Crippen LogP contribution in [0.4, 0.5) is 5.82 Å². The minimum absolute atomic E-state index is 0.683. The largest absolute Gasteiger partial charge is 0.355 e. The zero-order valence-corrected chi connectivity index (χ0v) is 12.3. The van der Waals surface area contributed by atoms with E-state index < -0.39 is 0 Å². The van der Waals surface area contributed by atoms with Crippen molar-refractivity contribution in [2.45, 2.75) is 32.6 Å². The van der Waals surface area contributed by atoms with E-state index >= 15 is 0 Å². The second-order valence-corrected chi connectivity index (χ2v) is 6.24. The van der Waals surface area contributed by atoms with Gasteiger partial charge in [-0.2, -0.15) is 0 Å². The maximum Gasteiger partial charge on any atom is 0.195 e. The highest BCUT2D eigenvalue weighted by Gasteiger charge is 2.26. The Morgan fingerprint density at radius 3 is 3.21 bits per heavy atom. The standard InChI is InChI=1S/C14H22N4S/c1-2-3-11-5-7-17(10-11)13-12(4-6-15)18-8-9-19-14(18)16-13/h8-9,11H,2-7,10,15H2,1H3. The summed E-state index contributed by atoms with van der Waals surface area (Å²) in [4.78, 5) is 8.38. The summed E-state index contributed by atoms with van der Waals surface area (Å²) < 4.78 is 2.21. The van der Waals surface area contributed by atoms with E-state index in [0.29, 0.717) is 6.54 Å². The number of hydrogen-bond donors (Lipinski definition) is 1. The van der Waals surface area contributed by atoms with Gasteiger partial charge in [-0.15, -0.1) is 11.3 Å². The van der Waals surface area contributed by atoms with Gasteiger partial charge in [0.2, 0.25) is 0 Å². The summed E-state index contributed by atoms with van der Waals surface area (Å²) in [5.74, 6) is 2.02. The van der Waals surface area contributed by atoms with Crippen LogP contribution in [0.1, 0.15) is 31.9 Å². The molecule has 0 saturated carbocycles. The summed E-state index contributed by atoms with van der Waals surface area (Å²) in [6.45, 7) is 5.27. The van der Waals surface area contributed by atoms with E-state index in [-0.39, 0.29) is 0 Å². The molecule has 5 heteroatoms. The van der Waals surface area contributed by atoms with E-state index in [4.69, 9.17) is 10.7 Å². The third-order valence-electron chi connectivity index (χ3n) is 4.00. The van der Waals surface area contributed by atoms with Crippen LogP contribution in [-0.2, 0) is 6.42 Å². The fourth-order valence-corrected chi connectivity index (χ4v) is 3.84. The Kier molecular flexibility index (Phi) is 3.75. The van der Waals surface area contributed by atoms with Gasteiger partial charge in [-0.3, -0.25) is 4.40 Å². The second kappa shape index (κ2) is 5.51. The molecule has 2 aromatic heterocycles. The molecule has 1 saturated heterocycles. The van der Waals surface area contributed by atoms with Gasteiger partial charge in [0.05, 0.1) is 5.69 Å². The number of nitrogens with zero attached hydrogens (tertiary/aromatic N) is 3. The maximum absolute atomic E-state index is 5.77. The molecule has 19 heavy (non-hydrogen) atoms. The van der Waals surface area contributed by atoms with Crippen molar-refractivity contribution < 1.29 is 0 Å². The van der Waals surface area contributed by atoms with Gasteiger partial charge >= 0.3 is 0 Å². The number of anilines is 1. The Balaban J connectivity index is 1.87. The van der Waals surface area contributed by atoms with Crippen molar-refractivity contribution in [3.05, 3.63) is 17.3 Å². The van der Waals surface area contributed by atoms with Crippen molar-refractivity contribution in [2.75, 3.05) is 24.5 Å². The average Bonchev–Trinajstić information content (AvgIpc) is 3.06. The zero-order valence-electron chi connectivity index (χ0n) is 11.5. The molecule has 1 aliphatic rings. The van der Waals surface area contributed by atoms with Crippen LogP contribution in [0.3, 0.4) is 0 Å². The van der Waals surface area contributed by atoms with E-state index in [9.17, 15) is 0 Å². The van der Waals surface area contributed by atoms with E-state index in [1.807, 2.05) is 0 Å². The van der Waals surface area contributed by atoms with Crippen LogP contribution in [0.2, 0.25) is 0 Å². The van der Waals surface area contributed by atoms with Crippen molar-refractivity contribution in [1.29, 1.82) is 0 Å². The van der Waals surface area contributed by atoms with Crippen LogP contribution >= 0.6 is 11.3 Å². The molecule has 1 atom stereocenters. The average molecular weight is 278 g/mol. The molecule has 104 valence electrons. The molecule has 0 aromatic carbocycles. The molecule has 0 amide bonds. The van der Waals surface area contributed by atoms with E-state index in [0.717, 1.165) is 30.4 Å². The number of hydrogen-bond acceptors (Lipinski definition) is 4. The van der Waals surface area contributed by atoms with Gasteiger partial charge in [0.15, 0.2) is 10.8 Å². The number of fused-ring (bicyclic) bond motifs is 1. The summed E-state index contributed by atoms with van der Waals surface area (Å²) in [5.41, 5.74) is 7.05. The molecule has 1 unspecified atom stereocenters. The highest BCUT2D eigenvalue weighted by atomic mass is 32.1. The molecule has 0 bridgehead atoms. The number of nitrogens with two attached hydrogens (primary N) is 1. The second-order valence-electron chi connectivity index (χ2n) is 5.37. The Hall–Kier alpha value is -1.07. The summed E-state index contributed by atoms with van der Waals surface area (Å²) in [6, 6.07) is 0. The summed E-state index contributed by atoms with van der Waals surface area (Å²) in [6.07, 6.45) is 6.95. The van der Waals surface area contributed by atoms with Crippen LogP contribution in [0.25, 0.3) is 4.96 Å². The first-order valence-electron chi connectivity index (χ1n) is 7.23. The molecule has 0 radical (unpaired) electrons. The first kappa shape index (κ1) is 12.9. The lowest BCUT2D eigenvalue weighted by Gasteiger charge is -2.17. The monoisotopic (exact) mass is 278 g/mol. The first-order valence-corrected chi connectivity index (χ1v) is 8.11.